The second kappa shape index (κ2) is 4.53. The number of hydrogen-bond donors (Lipinski definition) is 0. The van der Waals surface area contributed by atoms with E-state index >= 15 is 0 Å². The quantitative estimate of drug-likeness (QED) is 0.350. The van der Waals surface area contributed by atoms with Crippen molar-refractivity contribution in [3.63, 3.8) is 0 Å². The highest BCUT2D eigenvalue weighted by atomic mass is 16.5. The van der Waals surface area contributed by atoms with E-state index in [1.807, 2.05) is 6.92 Å². The largest absolute Gasteiger partial charge is 0.496 e. The Morgan fingerprint density at radius 1 is 1.55 bits per heavy atom. The van der Waals surface area contributed by atoms with Gasteiger partial charge < -0.3 is 4.74 Å². The molecule has 0 aliphatic carbocycles. The molecule has 0 saturated heterocycles. The lowest BCUT2D eigenvalue weighted by Gasteiger charge is -2.01. The molecule has 0 atom stereocenters. The van der Waals surface area contributed by atoms with E-state index in [0.29, 0.717) is 11.3 Å². The Kier molecular flexibility index (Phi) is 4.01. The molecule has 0 amide bonds. The van der Waals surface area contributed by atoms with Crippen LogP contribution in [0.15, 0.2) is 29.6 Å². The number of hydrogen-bond acceptors (Lipinski definition) is 2. The zero-order valence-electron chi connectivity index (χ0n) is 7.10. The van der Waals surface area contributed by atoms with Crippen molar-refractivity contribution < 1.29 is 9.53 Å². The predicted molar refractivity (Wildman–Crippen MR) is 44.8 cm³/mol. The van der Waals surface area contributed by atoms with Gasteiger partial charge in [0, 0.05) is 0 Å². The van der Waals surface area contributed by atoms with Gasteiger partial charge in [-0.05, 0) is 19.9 Å². The third-order valence-electron chi connectivity index (χ3n) is 1.12. The summed E-state index contributed by atoms with van der Waals surface area (Å²) in [7, 11) is 1.51. The maximum Gasteiger partial charge on any atom is 0.132 e. The Morgan fingerprint density at radius 2 is 2.09 bits per heavy atom. The summed E-state index contributed by atoms with van der Waals surface area (Å²) in [6.07, 6.45) is 1.69. The molecule has 0 aliphatic rings. The second-order valence-electron chi connectivity index (χ2n) is 2.29. The molecule has 0 aliphatic heterocycles. The lowest BCUT2D eigenvalue weighted by molar-refractivity contribution is 0.301. The van der Waals surface area contributed by atoms with Crippen LogP contribution in [0.4, 0.5) is 0 Å². The van der Waals surface area contributed by atoms with Gasteiger partial charge in [-0.3, -0.25) is 0 Å². The van der Waals surface area contributed by atoms with Gasteiger partial charge in [0.25, 0.3) is 0 Å². The second-order valence-corrected chi connectivity index (χ2v) is 2.29. The molecule has 2 heteroatoms. The number of carbonyl (C=O) groups excluding carboxylic acids is 1. The van der Waals surface area contributed by atoms with Crippen LogP contribution in [-0.4, -0.2) is 13.1 Å². The van der Waals surface area contributed by atoms with E-state index in [1.54, 1.807) is 18.9 Å². The highest BCUT2D eigenvalue weighted by molar-refractivity contribution is 5.58. The fraction of sp³-hybridized carbons (Fsp3) is 0.333. The minimum Gasteiger partial charge on any atom is -0.496 e. The molecule has 0 heterocycles. The van der Waals surface area contributed by atoms with Gasteiger partial charge in [-0.15, -0.1) is 0 Å². The van der Waals surface area contributed by atoms with E-state index in [0.717, 1.165) is 5.57 Å². The first-order chi connectivity index (χ1) is 5.11. The van der Waals surface area contributed by atoms with Crippen molar-refractivity contribution in [3.8, 4) is 0 Å². The van der Waals surface area contributed by atoms with Gasteiger partial charge >= 0.3 is 0 Å². The summed E-state index contributed by atoms with van der Waals surface area (Å²) in [6, 6.07) is 0. The van der Waals surface area contributed by atoms with Crippen molar-refractivity contribution in [2.45, 2.75) is 13.8 Å². The Morgan fingerprint density at radius 3 is 2.36 bits per heavy atom. The van der Waals surface area contributed by atoms with Crippen LogP contribution in [0.5, 0.6) is 0 Å². The summed E-state index contributed by atoms with van der Waals surface area (Å²) in [5.74, 6) is 2.27. The molecule has 0 N–H and O–H groups in total. The third kappa shape index (κ3) is 3.43. The van der Waals surface area contributed by atoms with Crippen LogP contribution in [0, 0.1) is 0 Å². The third-order valence-corrected chi connectivity index (χ3v) is 1.12. The van der Waals surface area contributed by atoms with Crippen LogP contribution in [0.25, 0.3) is 0 Å². The van der Waals surface area contributed by atoms with E-state index in [-0.39, 0.29) is 0 Å². The van der Waals surface area contributed by atoms with E-state index in [4.69, 9.17) is 4.74 Å². The predicted octanol–water partition coefficient (Wildman–Crippen LogP) is 1.87. The number of rotatable bonds is 3. The van der Waals surface area contributed by atoms with E-state index in [9.17, 15) is 4.79 Å². The zero-order chi connectivity index (χ0) is 8.85. The van der Waals surface area contributed by atoms with Crippen molar-refractivity contribution in [1.29, 1.82) is 0 Å². The molecule has 0 spiro atoms. The molecule has 0 fully saturated rings. The van der Waals surface area contributed by atoms with Crippen molar-refractivity contribution in [2.24, 2.45) is 0 Å². The first-order valence-electron chi connectivity index (χ1n) is 3.25. The average Bonchev–Trinajstić information content (AvgIpc) is 1.98. The average molecular weight is 152 g/mol. The molecular formula is C9H12O2. The topological polar surface area (TPSA) is 26.3 Å². The van der Waals surface area contributed by atoms with Crippen LogP contribution in [0.1, 0.15) is 13.8 Å². The summed E-state index contributed by atoms with van der Waals surface area (Å²) in [5, 5.41) is 0. The van der Waals surface area contributed by atoms with Crippen molar-refractivity contribution >= 4 is 5.94 Å². The molecule has 0 saturated carbocycles. The molecule has 0 aromatic heterocycles. The number of ether oxygens (including phenoxy) is 1. The molecule has 0 aromatic rings. The normalized spacial score (nSPS) is 10.3. The fourth-order valence-corrected chi connectivity index (χ4v) is 0.594. The fourth-order valence-electron chi connectivity index (χ4n) is 0.594. The molecular weight excluding hydrogens is 140 g/mol. The van der Waals surface area contributed by atoms with Crippen molar-refractivity contribution in [3.05, 3.63) is 29.6 Å². The van der Waals surface area contributed by atoms with Crippen LogP contribution < -0.4 is 0 Å². The summed E-state index contributed by atoms with van der Waals surface area (Å²) in [4.78, 5) is 10.2. The summed E-state index contributed by atoms with van der Waals surface area (Å²) in [5.41, 5.74) is 1.30. The molecule has 0 unspecified atom stereocenters. The molecule has 60 valence electrons. The number of allylic oxidation sites excluding steroid dienone is 3. The monoisotopic (exact) mass is 152 g/mol. The SMILES string of the molecule is C=C(C)/C=C(/OC)C(C)=C=O. The van der Waals surface area contributed by atoms with Crippen LogP contribution in [0.2, 0.25) is 0 Å². The lowest BCUT2D eigenvalue weighted by Crippen LogP contribution is -1.89. The van der Waals surface area contributed by atoms with Gasteiger partial charge in [0.1, 0.15) is 11.7 Å². The Labute approximate surface area is 66.9 Å². The molecule has 0 rings (SSSR count). The molecule has 2 nitrogen and oxygen atoms in total. The highest BCUT2D eigenvalue weighted by Crippen LogP contribution is 2.08. The van der Waals surface area contributed by atoms with Gasteiger partial charge in [-0.1, -0.05) is 12.2 Å². The van der Waals surface area contributed by atoms with E-state index in [1.165, 1.54) is 7.11 Å². The minimum absolute atomic E-state index is 0.454. The maximum atomic E-state index is 10.2. The van der Waals surface area contributed by atoms with Gasteiger partial charge in [-0.2, -0.15) is 0 Å². The van der Waals surface area contributed by atoms with Crippen LogP contribution >= 0.6 is 0 Å². The molecule has 0 aromatic carbocycles. The van der Waals surface area contributed by atoms with Gasteiger partial charge in [0.2, 0.25) is 0 Å². The Bertz CT molecular complexity index is 230. The molecule has 0 bridgehead atoms. The molecule has 0 radical (unpaired) electrons. The standard InChI is InChI=1S/C9H12O2/c1-7(2)5-9(11-4)8(3)6-10/h5H,1H2,2-4H3/b9-5+. The van der Waals surface area contributed by atoms with E-state index < -0.39 is 0 Å². The van der Waals surface area contributed by atoms with Crippen LogP contribution in [-0.2, 0) is 9.53 Å². The van der Waals surface area contributed by atoms with Crippen molar-refractivity contribution in [2.75, 3.05) is 7.11 Å². The van der Waals surface area contributed by atoms with Gasteiger partial charge in [0.15, 0.2) is 0 Å². The zero-order valence-corrected chi connectivity index (χ0v) is 7.10. The van der Waals surface area contributed by atoms with Gasteiger partial charge in [-0.25, -0.2) is 4.79 Å². The Hall–Kier alpha value is -1.27. The van der Waals surface area contributed by atoms with Gasteiger partial charge in [0.05, 0.1) is 12.7 Å². The summed E-state index contributed by atoms with van der Waals surface area (Å²) in [6.45, 7) is 7.13. The Balaban J connectivity index is 4.67. The minimum atomic E-state index is 0.454. The number of methoxy groups -OCH3 is 1. The maximum absolute atomic E-state index is 10.2. The van der Waals surface area contributed by atoms with E-state index in [2.05, 4.69) is 6.58 Å². The first-order valence-corrected chi connectivity index (χ1v) is 3.25. The summed E-state index contributed by atoms with van der Waals surface area (Å²) < 4.78 is 4.91. The smallest absolute Gasteiger partial charge is 0.132 e. The molecule has 11 heavy (non-hydrogen) atoms. The summed E-state index contributed by atoms with van der Waals surface area (Å²) >= 11 is 0. The van der Waals surface area contributed by atoms with Crippen molar-refractivity contribution in [1.82, 2.24) is 0 Å². The van der Waals surface area contributed by atoms with Crippen LogP contribution in [0.3, 0.4) is 0 Å². The highest BCUT2D eigenvalue weighted by Gasteiger charge is 1.98. The first kappa shape index (κ1) is 9.73. The lowest BCUT2D eigenvalue weighted by atomic mass is 10.2.